The number of hydrogen-bond acceptors (Lipinski definition) is 4. The van der Waals surface area contributed by atoms with Gasteiger partial charge in [-0.3, -0.25) is 10.3 Å². The van der Waals surface area contributed by atoms with Gasteiger partial charge in [0.2, 0.25) is 10.0 Å². The highest BCUT2D eigenvalue weighted by Crippen LogP contribution is 2.27. The van der Waals surface area contributed by atoms with E-state index in [9.17, 15) is 21.6 Å². The number of piperazine rings is 1. The number of nitrogens with zero attached hydrogens (tertiary/aromatic N) is 2. The van der Waals surface area contributed by atoms with Crippen LogP contribution in [-0.2, 0) is 10.0 Å². The third kappa shape index (κ3) is 4.62. The third-order valence-corrected chi connectivity index (χ3v) is 4.31. The summed E-state index contributed by atoms with van der Waals surface area (Å²) < 4.78 is 61.6. The van der Waals surface area contributed by atoms with Gasteiger partial charge in [0.25, 0.3) is 0 Å². The van der Waals surface area contributed by atoms with Crippen molar-refractivity contribution in [1.82, 2.24) is 9.21 Å². The molecule has 10 heteroatoms. The summed E-state index contributed by atoms with van der Waals surface area (Å²) in [5.74, 6) is -2.92. The molecule has 112 valence electrons. The topological polar surface area (TPSA) is 90.5 Å². The minimum Gasteiger partial charge on any atom is -0.387 e. The van der Waals surface area contributed by atoms with Crippen LogP contribution >= 0.6 is 0 Å². The molecular formula is C9H17F3N4O2S. The molecule has 6 nitrogen and oxygen atoms in total. The van der Waals surface area contributed by atoms with E-state index in [1.807, 2.05) is 0 Å². The van der Waals surface area contributed by atoms with Crippen molar-refractivity contribution in [3.05, 3.63) is 0 Å². The lowest BCUT2D eigenvalue weighted by Crippen LogP contribution is -2.52. The second-order valence-electron chi connectivity index (χ2n) is 4.51. The third-order valence-electron chi connectivity index (χ3n) is 3.01. The van der Waals surface area contributed by atoms with E-state index in [4.69, 9.17) is 11.1 Å². The summed E-state index contributed by atoms with van der Waals surface area (Å²) in [5, 5.41) is 6.99. The van der Waals surface area contributed by atoms with Crippen molar-refractivity contribution in [3.63, 3.8) is 0 Å². The van der Waals surface area contributed by atoms with Crippen LogP contribution in [0.3, 0.4) is 0 Å². The average molecular weight is 302 g/mol. The second kappa shape index (κ2) is 5.63. The number of sulfonamides is 1. The van der Waals surface area contributed by atoms with E-state index >= 15 is 0 Å². The van der Waals surface area contributed by atoms with Gasteiger partial charge in [0.05, 0.1) is 6.26 Å². The molecule has 1 aliphatic heterocycles. The Morgan fingerprint density at radius 3 is 2.11 bits per heavy atom. The van der Waals surface area contributed by atoms with Crippen LogP contribution in [0, 0.1) is 11.3 Å². The van der Waals surface area contributed by atoms with Gasteiger partial charge in [-0.15, -0.1) is 0 Å². The zero-order valence-corrected chi connectivity index (χ0v) is 11.3. The molecule has 0 aromatic rings. The Labute approximate surface area is 109 Å². The molecule has 0 spiro atoms. The van der Waals surface area contributed by atoms with Gasteiger partial charge >= 0.3 is 6.18 Å². The molecule has 1 atom stereocenters. The SMILES string of the molecule is CS(=O)(=O)N1CCN(CC(C(=N)N)C(F)(F)F)CC1. The first-order valence-corrected chi connectivity index (χ1v) is 7.44. The molecule has 1 fully saturated rings. The van der Waals surface area contributed by atoms with E-state index in [1.165, 1.54) is 9.21 Å². The van der Waals surface area contributed by atoms with Crippen molar-refractivity contribution in [3.8, 4) is 0 Å². The number of hydrogen-bond donors (Lipinski definition) is 2. The number of halogens is 3. The number of rotatable bonds is 4. The highest BCUT2D eigenvalue weighted by molar-refractivity contribution is 7.88. The Bertz CT molecular complexity index is 429. The molecule has 0 amide bonds. The first kappa shape index (κ1) is 16.2. The quantitative estimate of drug-likeness (QED) is 0.550. The fourth-order valence-corrected chi connectivity index (χ4v) is 2.71. The molecule has 1 heterocycles. The van der Waals surface area contributed by atoms with Gasteiger partial charge in [0.1, 0.15) is 11.8 Å². The minimum atomic E-state index is -4.56. The molecule has 1 unspecified atom stereocenters. The number of nitrogens with one attached hydrogen (secondary N) is 1. The molecule has 0 saturated carbocycles. The van der Waals surface area contributed by atoms with Crippen LogP contribution in [0.5, 0.6) is 0 Å². The maximum absolute atomic E-state index is 12.6. The Balaban J connectivity index is 2.59. The second-order valence-corrected chi connectivity index (χ2v) is 6.49. The highest BCUT2D eigenvalue weighted by atomic mass is 32.2. The molecule has 19 heavy (non-hydrogen) atoms. The maximum atomic E-state index is 12.6. The number of amidine groups is 1. The van der Waals surface area contributed by atoms with E-state index < -0.39 is 34.5 Å². The molecule has 0 bridgehead atoms. The predicted octanol–water partition coefficient (Wildman–Crippen LogP) is -0.322. The Morgan fingerprint density at radius 2 is 1.79 bits per heavy atom. The summed E-state index contributed by atoms with van der Waals surface area (Å²) in [4.78, 5) is 1.47. The zero-order valence-electron chi connectivity index (χ0n) is 10.4. The molecule has 1 aliphatic rings. The van der Waals surface area contributed by atoms with E-state index in [0.717, 1.165) is 6.26 Å². The molecule has 1 rings (SSSR count). The molecule has 0 aromatic carbocycles. The maximum Gasteiger partial charge on any atom is 0.399 e. The highest BCUT2D eigenvalue weighted by Gasteiger charge is 2.43. The lowest BCUT2D eigenvalue weighted by Gasteiger charge is -2.35. The van der Waals surface area contributed by atoms with E-state index in [1.54, 1.807) is 0 Å². The summed E-state index contributed by atoms with van der Waals surface area (Å²) >= 11 is 0. The average Bonchev–Trinajstić information content (AvgIpc) is 2.23. The van der Waals surface area contributed by atoms with Gasteiger partial charge in [0, 0.05) is 32.7 Å². The monoisotopic (exact) mass is 302 g/mol. The van der Waals surface area contributed by atoms with Crippen LogP contribution in [0.2, 0.25) is 0 Å². The lowest BCUT2D eigenvalue weighted by molar-refractivity contribution is -0.160. The van der Waals surface area contributed by atoms with Gasteiger partial charge in [-0.05, 0) is 0 Å². The lowest BCUT2D eigenvalue weighted by atomic mass is 10.1. The summed E-state index contributed by atoms with van der Waals surface area (Å²) in [7, 11) is -3.31. The van der Waals surface area contributed by atoms with Crippen LogP contribution in [0.15, 0.2) is 0 Å². The normalized spacial score (nSPS) is 21.3. The Morgan fingerprint density at radius 1 is 1.32 bits per heavy atom. The molecule has 0 aromatic heterocycles. The van der Waals surface area contributed by atoms with Gasteiger partial charge in [-0.1, -0.05) is 0 Å². The molecule has 3 N–H and O–H groups in total. The minimum absolute atomic E-state index is 0.154. The van der Waals surface area contributed by atoms with Crippen LogP contribution < -0.4 is 5.73 Å². The predicted molar refractivity (Wildman–Crippen MR) is 64.3 cm³/mol. The van der Waals surface area contributed by atoms with Crippen LogP contribution in [0.4, 0.5) is 13.2 Å². The van der Waals surface area contributed by atoms with Gasteiger partial charge in [-0.25, -0.2) is 8.42 Å². The van der Waals surface area contributed by atoms with Crippen LogP contribution in [0.25, 0.3) is 0 Å². The zero-order chi connectivity index (χ0) is 14.8. The van der Waals surface area contributed by atoms with Crippen molar-refractivity contribution >= 4 is 15.9 Å². The summed E-state index contributed by atoms with van der Waals surface area (Å²) in [5.41, 5.74) is 4.97. The van der Waals surface area contributed by atoms with Crippen molar-refractivity contribution in [2.24, 2.45) is 11.7 Å². The fourth-order valence-electron chi connectivity index (χ4n) is 1.88. The summed E-state index contributed by atoms with van der Waals surface area (Å²) in [6.45, 7) is 0.304. The van der Waals surface area contributed by atoms with Gasteiger partial charge in [0.15, 0.2) is 0 Å². The summed E-state index contributed by atoms with van der Waals surface area (Å²) in [6.07, 6.45) is -3.49. The molecular weight excluding hydrogens is 285 g/mol. The summed E-state index contributed by atoms with van der Waals surface area (Å²) in [6, 6.07) is 0. The van der Waals surface area contributed by atoms with E-state index in [2.05, 4.69) is 0 Å². The molecule has 0 aliphatic carbocycles. The van der Waals surface area contributed by atoms with Gasteiger partial charge < -0.3 is 5.73 Å². The fraction of sp³-hybridized carbons (Fsp3) is 0.889. The number of alkyl halides is 3. The van der Waals surface area contributed by atoms with Crippen molar-refractivity contribution in [1.29, 1.82) is 5.41 Å². The Kier molecular flexibility index (Phi) is 4.80. The van der Waals surface area contributed by atoms with Crippen molar-refractivity contribution in [2.45, 2.75) is 6.18 Å². The first-order chi connectivity index (χ1) is 8.51. The van der Waals surface area contributed by atoms with Crippen molar-refractivity contribution in [2.75, 3.05) is 39.0 Å². The van der Waals surface area contributed by atoms with Crippen molar-refractivity contribution < 1.29 is 21.6 Å². The van der Waals surface area contributed by atoms with Crippen LogP contribution in [-0.4, -0.2) is 68.6 Å². The Hall–Kier alpha value is -0.870. The number of nitrogens with two attached hydrogens (primary N) is 1. The van der Waals surface area contributed by atoms with E-state index in [-0.39, 0.29) is 26.2 Å². The smallest absolute Gasteiger partial charge is 0.387 e. The van der Waals surface area contributed by atoms with E-state index in [0.29, 0.717) is 0 Å². The molecule has 1 saturated heterocycles. The van der Waals surface area contributed by atoms with Gasteiger partial charge in [-0.2, -0.15) is 17.5 Å². The largest absolute Gasteiger partial charge is 0.399 e. The standard InChI is InChI=1S/C9H17F3N4O2S/c1-19(17,18)16-4-2-15(3-5-16)6-7(8(13)14)9(10,11)12/h7H,2-6H2,1H3,(H3,13,14). The molecule has 0 radical (unpaired) electrons. The van der Waals surface area contributed by atoms with Crippen LogP contribution in [0.1, 0.15) is 0 Å². The first-order valence-electron chi connectivity index (χ1n) is 5.60.